The standard InChI is InChI=1S/C15H14O5/c1-17-12-6-3-7-13(18-2)15(12)20-14(16)9-8-11-5-4-10-19-11/h3-10H,1-2H3. The van der Waals surface area contributed by atoms with Crippen LogP contribution >= 0.6 is 0 Å². The van der Waals surface area contributed by atoms with Crippen molar-refractivity contribution in [2.45, 2.75) is 0 Å². The molecule has 0 atom stereocenters. The third-order valence-corrected chi connectivity index (χ3v) is 2.51. The topological polar surface area (TPSA) is 57.9 Å². The Morgan fingerprint density at radius 2 is 1.80 bits per heavy atom. The van der Waals surface area contributed by atoms with Crippen LogP contribution in [-0.4, -0.2) is 20.2 Å². The first-order valence-electron chi connectivity index (χ1n) is 5.89. The molecule has 1 aromatic heterocycles. The van der Waals surface area contributed by atoms with E-state index in [4.69, 9.17) is 18.6 Å². The van der Waals surface area contributed by atoms with Gasteiger partial charge in [0.1, 0.15) is 5.76 Å². The largest absolute Gasteiger partial charge is 0.493 e. The maximum atomic E-state index is 11.8. The molecule has 0 saturated heterocycles. The zero-order chi connectivity index (χ0) is 14.4. The Kier molecular flexibility index (Phi) is 4.44. The van der Waals surface area contributed by atoms with E-state index in [1.165, 1.54) is 32.6 Å². The van der Waals surface area contributed by atoms with Gasteiger partial charge in [0.25, 0.3) is 0 Å². The summed E-state index contributed by atoms with van der Waals surface area (Å²) in [5, 5.41) is 0. The van der Waals surface area contributed by atoms with E-state index in [0.717, 1.165) is 0 Å². The van der Waals surface area contributed by atoms with Crippen molar-refractivity contribution in [2.24, 2.45) is 0 Å². The van der Waals surface area contributed by atoms with Crippen molar-refractivity contribution in [1.82, 2.24) is 0 Å². The number of carbonyl (C=O) groups is 1. The minimum Gasteiger partial charge on any atom is -0.493 e. The first kappa shape index (κ1) is 13.7. The number of methoxy groups -OCH3 is 2. The van der Waals surface area contributed by atoms with Crippen molar-refractivity contribution in [1.29, 1.82) is 0 Å². The molecule has 0 unspecified atom stereocenters. The highest BCUT2D eigenvalue weighted by Gasteiger charge is 2.14. The Balaban J connectivity index is 2.15. The van der Waals surface area contributed by atoms with Crippen LogP contribution in [-0.2, 0) is 4.79 Å². The number of carbonyl (C=O) groups excluding carboxylic acids is 1. The Bertz CT molecular complexity index is 576. The summed E-state index contributed by atoms with van der Waals surface area (Å²) in [6.45, 7) is 0. The first-order valence-corrected chi connectivity index (χ1v) is 5.89. The average Bonchev–Trinajstić information content (AvgIpc) is 2.98. The van der Waals surface area contributed by atoms with E-state index in [2.05, 4.69) is 0 Å². The molecule has 5 heteroatoms. The van der Waals surface area contributed by atoms with Gasteiger partial charge in [0.05, 0.1) is 20.5 Å². The molecule has 2 rings (SSSR count). The summed E-state index contributed by atoms with van der Waals surface area (Å²) in [7, 11) is 2.98. The summed E-state index contributed by atoms with van der Waals surface area (Å²) in [6, 6.07) is 8.57. The van der Waals surface area contributed by atoms with Crippen LogP contribution in [0.3, 0.4) is 0 Å². The molecule has 0 spiro atoms. The summed E-state index contributed by atoms with van der Waals surface area (Å²) in [4.78, 5) is 11.8. The number of furan rings is 1. The monoisotopic (exact) mass is 274 g/mol. The number of ether oxygens (including phenoxy) is 3. The van der Waals surface area contributed by atoms with E-state index in [1.807, 2.05) is 0 Å². The second kappa shape index (κ2) is 6.47. The van der Waals surface area contributed by atoms with Crippen LogP contribution in [0.2, 0.25) is 0 Å². The molecule has 1 aromatic carbocycles. The van der Waals surface area contributed by atoms with E-state index in [9.17, 15) is 4.79 Å². The highest BCUT2D eigenvalue weighted by atomic mass is 16.6. The molecule has 20 heavy (non-hydrogen) atoms. The zero-order valence-electron chi connectivity index (χ0n) is 11.2. The molecule has 0 aliphatic carbocycles. The second-order valence-corrected chi connectivity index (χ2v) is 3.76. The third-order valence-electron chi connectivity index (χ3n) is 2.51. The lowest BCUT2D eigenvalue weighted by Gasteiger charge is -2.11. The van der Waals surface area contributed by atoms with Crippen LogP contribution in [0.25, 0.3) is 6.08 Å². The van der Waals surface area contributed by atoms with Crippen LogP contribution in [0.15, 0.2) is 47.1 Å². The van der Waals surface area contributed by atoms with Crippen LogP contribution in [0.5, 0.6) is 17.2 Å². The normalized spacial score (nSPS) is 10.5. The molecular formula is C15H14O5. The van der Waals surface area contributed by atoms with Crippen LogP contribution < -0.4 is 14.2 Å². The van der Waals surface area contributed by atoms with Gasteiger partial charge >= 0.3 is 5.97 Å². The van der Waals surface area contributed by atoms with Crippen molar-refractivity contribution in [2.75, 3.05) is 14.2 Å². The predicted octanol–water partition coefficient (Wildman–Crippen LogP) is 2.92. The van der Waals surface area contributed by atoms with Crippen molar-refractivity contribution in [3.05, 3.63) is 48.4 Å². The molecule has 104 valence electrons. The summed E-state index contributed by atoms with van der Waals surface area (Å²) >= 11 is 0. The number of para-hydroxylation sites is 1. The van der Waals surface area contributed by atoms with Crippen molar-refractivity contribution in [3.63, 3.8) is 0 Å². The molecule has 5 nitrogen and oxygen atoms in total. The molecule has 0 radical (unpaired) electrons. The average molecular weight is 274 g/mol. The smallest absolute Gasteiger partial charge is 0.336 e. The molecule has 0 saturated carbocycles. The van der Waals surface area contributed by atoms with Gasteiger partial charge in [0.2, 0.25) is 5.75 Å². The molecule has 0 fully saturated rings. The Labute approximate surface area is 116 Å². The molecular weight excluding hydrogens is 260 g/mol. The zero-order valence-corrected chi connectivity index (χ0v) is 11.2. The fraction of sp³-hybridized carbons (Fsp3) is 0.133. The molecule has 0 aliphatic rings. The number of rotatable bonds is 5. The van der Waals surface area contributed by atoms with E-state index in [0.29, 0.717) is 17.3 Å². The van der Waals surface area contributed by atoms with Gasteiger partial charge in [-0.2, -0.15) is 0 Å². The fourth-order valence-electron chi connectivity index (χ4n) is 1.59. The van der Waals surface area contributed by atoms with Gasteiger partial charge in [-0.1, -0.05) is 6.07 Å². The molecule has 0 N–H and O–H groups in total. The van der Waals surface area contributed by atoms with Gasteiger partial charge in [-0.15, -0.1) is 0 Å². The Morgan fingerprint density at radius 1 is 1.10 bits per heavy atom. The van der Waals surface area contributed by atoms with E-state index >= 15 is 0 Å². The Hall–Kier alpha value is -2.69. The molecule has 0 aliphatic heterocycles. The van der Waals surface area contributed by atoms with Crippen LogP contribution in [0, 0.1) is 0 Å². The maximum absolute atomic E-state index is 11.8. The summed E-state index contributed by atoms with van der Waals surface area (Å²) in [5.41, 5.74) is 0. The molecule has 0 bridgehead atoms. The van der Waals surface area contributed by atoms with E-state index in [-0.39, 0.29) is 5.75 Å². The predicted molar refractivity (Wildman–Crippen MR) is 72.9 cm³/mol. The van der Waals surface area contributed by atoms with Gasteiger partial charge in [-0.25, -0.2) is 4.79 Å². The second-order valence-electron chi connectivity index (χ2n) is 3.76. The van der Waals surface area contributed by atoms with Gasteiger partial charge < -0.3 is 18.6 Å². The number of hydrogen-bond acceptors (Lipinski definition) is 5. The van der Waals surface area contributed by atoms with Crippen molar-refractivity contribution < 1.29 is 23.4 Å². The van der Waals surface area contributed by atoms with Crippen LogP contribution in [0.4, 0.5) is 0 Å². The highest BCUT2D eigenvalue weighted by molar-refractivity contribution is 5.89. The summed E-state index contributed by atoms with van der Waals surface area (Å²) in [5.74, 6) is 1.10. The van der Waals surface area contributed by atoms with E-state index in [1.54, 1.807) is 30.3 Å². The van der Waals surface area contributed by atoms with Gasteiger partial charge in [0, 0.05) is 6.08 Å². The summed E-state index contributed by atoms with van der Waals surface area (Å²) < 4.78 is 20.6. The SMILES string of the molecule is COc1cccc(OC)c1OC(=O)C=Cc1ccco1. The lowest BCUT2D eigenvalue weighted by molar-refractivity contribution is -0.129. The number of esters is 1. The quantitative estimate of drug-likeness (QED) is 0.476. The molecule has 1 heterocycles. The van der Waals surface area contributed by atoms with Crippen LogP contribution in [0.1, 0.15) is 5.76 Å². The summed E-state index contributed by atoms with van der Waals surface area (Å²) in [6.07, 6.45) is 4.31. The Morgan fingerprint density at radius 3 is 2.35 bits per heavy atom. The fourth-order valence-corrected chi connectivity index (χ4v) is 1.59. The minimum atomic E-state index is -0.552. The number of benzene rings is 1. The van der Waals surface area contributed by atoms with Crippen molar-refractivity contribution >= 4 is 12.0 Å². The third kappa shape index (κ3) is 3.20. The first-order chi connectivity index (χ1) is 9.74. The van der Waals surface area contributed by atoms with Crippen molar-refractivity contribution in [3.8, 4) is 17.2 Å². The molecule has 0 amide bonds. The lowest BCUT2D eigenvalue weighted by Crippen LogP contribution is -2.06. The number of hydrogen-bond donors (Lipinski definition) is 0. The highest BCUT2D eigenvalue weighted by Crippen LogP contribution is 2.36. The minimum absolute atomic E-state index is 0.242. The van der Waals surface area contributed by atoms with Gasteiger partial charge in [-0.05, 0) is 30.3 Å². The maximum Gasteiger partial charge on any atom is 0.336 e. The van der Waals surface area contributed by atoms with Gasteiger partial charge in [-0.3, -0.25) is 0 Å². The lowest BCUT2D eigenvalue weighted by atomic mass is 10.3. The van der Waals surface area contributed by atoms with Gasteiger partial charge in [0.15, 0.2) is 11.5 Å². The molecule has 2 aromatic rings. The van der Waals surface area contributed by atoms with E-state index < -0.39 is 5.97 Å².